The van der Waals surface area contributed by atoms with Crippen molar-refractivity contribution < 1.29 is 22.1 Å². The summed E-state index contributed by atoms with van der Waals surface area (Å²) in [5, 5.41) is 0. The van der Waals surface area contributed by atoms with Crippen molar-refractivity contribution in [3.63, 3.8) is 0 Å². The van der Waals surface area contributed by atoms with Gasteiger partial charge in [0.25, 0.3) is 10.1 Å². The summed E-state index contributed by atoms with van der Waals surface area (Å²) in [5.74, 6) is -0.462. The smallest absolute Gasteiger partial charge is 0.302 e. The predicted octanol–water partition coefficient (Wildman–Crippen LogP) is 0.303. The highest BCUT2D eigenvalue weighted by atomic mass is 32.2. The quantitative estimate of drug-likeness (QED) is 0.493. The summed E-state index contributed by atoms with van der Waals surface area (Å²) >= 11 is 0. The molecule has 0 aliphatic rings. The van der Waals surface area contributed by atoms with Gasteiger partial charge in [-0.3, -0.25) is 8.98 Å². The summed E-state index contributed by atoms with van der Waals surface area (Å²) in [6, 6.07) is 0. The molecule has 0 aromatic heterocycles. The van der Waals surface area contributed by atoms with Crippen LogP contribution in [-0.4, -0.2) is 32.9 Å². The lowest BCUT2D eigenvalue weighted by Crippen LogP contribution is -2.29. The van der Waals surface area contributed by atoms with Crippen molar-refractivity contribution in [3.05, 3.63) is 0 Å². The first-order valence-electron chi connectivity index (χ1n) is 3.78. The SMILES string of the molecule is CC(=O)O[C@H](C)[C@H](C)OS(C)(=O)=O. The normalized spacial score (nSPS) is 16.3. The van der Waals surface area contributed by atoms with Crippen molar-refractivity contribution in [2.45, 2.75) is 33.0 Å². The fourth-order valence-corrected chi connectivity index (χ4v) is 1.42. The van der Waals surface area contributed by atoms with Crippen LogP contribution in [0.15, 0.2) is 0 Å². The minimum atomic E-state index is -3.50. The van der Waals surface area contributed by atoms with Crippen LogP contribution in [0.25, 0.3) is 0 Å². The van der Waals surface area contributed by atoms with Crippen LogP contribution in [-0.2, 0) is 23.8 Å². The van der Waals surface area contributed by atoms with Crippen molar-refractivity contribution in [1.29, 1.82) is 0 Å². The van der Waals surface area contributed by atoms with Crippen molar-refractivity contribution >= 4 is 16.1 Å². The van der Waals surface area contributed by atoms with E-state index in [4.69, 9.17) is 4.74 Å². The first-order valence-corrected chi connectivity index (χ1v) is 5.59. The maximum atomic E-state index is 10.7. The first-order chi connectivity index (χ1) is 5.72. The Labute approximate surface area is 78.2 Å². The van der Waals surface area contributed by atoms with E-state index in [1.165, 1.54) is 13.8 Å². The number of hydrogen-bond acceptors (Lipinski definition) is 5. The van der Waals surface area contributed by atoms with Crippen LogP contribution in [0.5, 0.6) is 0 Å². The van der Waals surface area contributed by atoms with E-state index in [-0.39, 0.29) is 0 Å². The van der Waals surface area contributed by atoms with Crippen LogP contribution in [0.4, 0.5) is 0 Å². The lowest BCUT2D eigenvalue weighted by atomic mass is 10.3. The molecule has 0 rings (SSSR count). The molecule has 13 heavy (non-hydrogen) atoms. The second-order valence-corrected chi connectivity index (χ2v) is 4.42. The number of carbonyl (C=O) groups excluding carboxylic acids is 1. The van der Waals surface area contributed by atoms with E-state index in [2.05, 4.69) is 4.18 Å². The molecule has 0 amide bonds. The zero-order valence-electron chi connectivity index (χ0n) is 8.10. The van der Waals surface area contributed by atoms with E-state index in [1.54, 1.807) is 6.92 Å². The maximum absolute atomic E-state index is 10.7. The van der Waals surface area contributed by atoms with Gasteiger partial charge in [-0.1, -0.05) is 0 Å². The van der Waals surface area contributed by atoms with Crippen molar-refractivity contribution in [2.24, 2.45) is 0 Å². The second kappa shape index (κ2) is 4.57. The van der Waals surface area contributed by atoms with Crippen LogP contribution in [0.2, 0.25) is 0 Å². The Kier molecular flexibility index (Phi) is 4.35. The molecule has 0 fully saturated rings. The lowest BCUT2D eigenvalue weighted by molar-refractivity contribution is -0.149. The maximum Gasteiger partial charge on any atom is 0.302 e. The highest BCUT2D eigenvalue weighted by Gasteiger charge is 2.19. The summed E-state index contributed by atoms with van der Waals surface area (Å²) < 4.78 is 30.7. The molecule has 0 heterocycles. The fourth-order valence-electron chi connectivity index (χ4n) is 0.712. The van der Waals surface area contributed by atoms with Gasteiger partial charge in [-0.05, 0) is 13.8 Å². The highest BCUT2D eigenvalue weighted by Crippen LogP contribution is 2.06. The molecule has 78 valence electrons. The summed E-state index contributed by atoms with van der Waals surface area (Å²) in [7, 11) is -3.50. The number of esters is 1. The summed E-state index contributed by atoms with van der Waals surface area (Å²) in [6.45, 7) is 4.34. The predicted molar refractivity (Wildman–Crippen MR) is 46.6 cm³/mol. The molecule has 0 aromatic rings. The molecule has 5 nitrogen and oxygen atoms in total. The molecule has 0 aromatic carbocycles. The third-order valence-electron chi connectivity index (χ3n) is 1.34. The van der Waals surface area contributed by atoms with Crippen molar-refractivity contribution in [3.8, 4) is 0 Å². The van der Waals surface area contributed by atoms with Gasteiger partial charge >= 0.3 is 5.97 Å². The zero-order valence-corrected chi connectivity index (χ0v) is 8.92. The minimum absolute atomic E-state index is 0.462. The Morgan fingerprint density at radius 2 is 1.69 bits per heavy atom. The second-order valence-electron chi connectivity index (χ2n) is 2.82. The van der Waals surface area contributed by atoms with Crippen LogP contribution in [0, 0.1) is 0 Å². The molecule has 0 N–H and O–H groups in total. The van der Waals surface area contributed by atoms with Gasteiger partial charge in [0.05, 0.1) is 6.26 Å². The largest absolute Gasteiger partial charge is 0.460 e. The number of rotatable bonds is 4. The average Bonchev–Trinajstić information content (AvgIpc) is 1.81. The Bertz CT molecular complexity index is 269. The Balaban J connectivity index is 4.11. The molecule has 0 spiro atoms. The molecule has 0 saturated heterocycles. The zero-order chi connectivity index (χ0) is 10.6. The van der Waals surface area contributed by atoms with E-state index in [0.717, 1.165) is 6.26 Å². The third kappa shape index (κ3) is 6.53. The molecule has 2 atom stereocenters. The molecule has 0 saturated carbocycles. The van der Waals surface area contributed by atoms with Gasteiger partial charge in [-0.15, -0.1) is 0 Å². The van der Waals surface area contributed by atoms with Gasteiger partial charge in [0.1, 0.15) is 12.2 Å². The first kappa shape index (κ1) is 12.4. The van der Waals surface area contributed by atoms with Crippen LogP contribution in [0.3, 0.4) is 0 Å². The van der Waals surface area contributed by atoms with Crippen LogP contribution in [0.1, 0.15) is 20.8 Å². The van der Waals surface area contributed by atoms with E-state index in [1.807, 2.05) is 0 Å². The van der Waals surface area contributed by atoms with E-state index >= 15 is 0 Å². The molecule has 0 bridgehead atoms. The van der Waals surface area contributed by atoms with Gasteiger partial charge in [0, 0.05) is 6.92 Å². The average molecular weight is 210 g/mol. The van der Waals surface area contributed by atoms with Gasteiger partial charge in [-0.2, -0.15) is 8.42 Å². The Morgan fingerprint density at radius 1 is 1.23 bits per heavy atom. The fraction of sp³-hybridized carbons (Fsp3) is 0.857. The molecule has 0 unspecified atom stereocenters. The minimum Gasteiger partial charge on any atom is -0.460 e. The van der Waals surface area contributed by atoms with Gasteiger partial charge in [0.2, 0.25) is 0 Å². The van der Waals surface area contributed by atoms with Crippen LogP contribution >= 0.6 is 0 Å². The van der Waals surface area contributed by atoms with Crippen molar-refractivity contribution in [1.82, 2.24) is 0 Å². The highest BCUT2D eigenvalue weighted by molar-refractivity contribution is 7.86. The number of carbonyl (C=O) groups is 1. The molecule has 6 heteroatoms. The Morgan fingerprint density at radius 3 is 2.00 bits per heavy atom. The lowest BCUT2D eigenvalue weighted by Gasteiger charge is -2.18. The standard InChI is InChI=1S/C7H14O5S/c1-5(11-7(3)8)6(2)12-13(4,9)10/h5-6H,1-4H3/t5-,6+/m1/s1. The molecule has 0 aliphatic carbocycles. The van der Waals surface area contributed by atoms with E-state index in [9.17, 15) is 13.2 Å². The Hall–Kier alpha value is -0.620. The van der Waals surface area contributed by atoms with Gasteiger partial charge in [0.15, 0.2) is 0 Å². The van der Waals surface area contributed by atoms with Gasteiger partial charge < -0.3 is 4.74 Å². The summed E-state index contributed by atoms with van der Waals surface area (Å²) in [6.07, 6.45) is -0.296. The number of ether oxygens (including phenoxy) is 1. The van der Waals surface area contributed by atoms with Gasteiger partial charge in [-0.25, -0.2) is 0 Å². The monoisotopic (exact) mass is 210 g/mol. The van der Waals surface area contributed by atoms with E-state index < -0.39 is 28.3 Å². The van der Waals surface area contributed by atoms with Crippen LogP contribution < -0.4 is 0 Å². The summed E-state index contributed by atoms with van der Waals surface area (Å²) in [5.41, 5.74) is 0. The third-order valence-corrected chi connectivity index (χ3v) is 1.99. The van der Waals surface area contributed by atoms with E-state index in [0.29, 0.717) is 0 Å². The summed E-state index contributed by atoms with van der Waals surface area (Å²) in [4.78, 5) is 10.5. The molecule has 0 aliphatic heterocycles. The molecular formula is C7H14O5S. The molecule has 0 radical (unpaired) electrons. The number of hydrogen-bond donors (Lipinski definition) is 0. The van der Waals surface area contributed by atoms with Crippen molar-refractivity contribution in [2.75, 3.05) is 6.26 Å². The topological polar surface area (TPSA) is 69.7 Å². The molecular weight excluding hydrogens is 196 g/mol.